The molecule has 2 N–H and O–H groups in total. The molecule has 1 rings (SSSR count). The number of carbonyl (C=O) groups is 2. The maximum absolute atomic E-state index is 11.7. The molecule has 0 fully saturated rings. The van der Waals surface area contributed by atoms with Gasteiger partial charge in [0, 0.05) is 6.20 Å². The third kappa shape index (κ3) is 8.19. The summed E-state index contributed by atoms with van der Waals surface area (Å²) >= 11 is 0. The molecule has 0 aromatic heterocycles. The van der Waals surface area contributed by atoms with E-state index in [1.165, 1.54) is 19.4 Å². The molecule has 0 aliphatic rings. The summed E-state index contributed by atoms with van der Waals surface area (Å²) < 4.78 is 9.75. The molecule has 0 unspecified atom stereocenters. The van der Waals surface area contributed by atoms with Crippen LogP contribution in [0.5, 0.6) is 0 Å². The smallest absolute Gasteiger partial charge is 0.408 e. The number of methoxy groups -OCH3 is 1. The Hall–Kier alpha value is -2.54. The van der Waals surface area contributed by atoms with E-state index in [4.69, 9.17) is 9.57 Å². The number of hydroxylamine groups is 1. The quantitative estimate of drug-likeness (QED) is 0.451. The molecule has 0 saturated carbocycles. The van der Waals surface area contributed by atoms with Gasteiger partial charge in [-0.3, -0.25) is 10.3 Å². The van der Waals surface area contributed by atoms with E-state index >= 15 is 0 Å². The van der Waals surface area contributed by atoms with Gasteiger partial charge in [0.15, 0.2) is 0 Å². The lowest BCUT2D eigenvalue weighted by atomic mass is 10.2. The summed E-state index contributed by atoms with van der Waals surface area (Å²) in [6.07, 6.45) is 2.09. The molecule has 1 aromatic rings. The molecular weight excluding hydrogens is 312 g/mol. The monoisotopic (exact) mass is 336 g/mol. The molecule has 0 aliphatic heterocycles. The number of alkyl carbamates (subject to hydrolysis) is 1. The lowest BCUT2D eigenvalue weighted by Gasteiger charge is -2.21. The van der Waals surface area contributed by atoms with E-state index in [9.17, 15) is 9.59 Å². The minimum atomic E-state index is -0.988. The maximum atomic E-state index is 11.7. The van der Waals surface area contributed by atoms with Crippen LogP contribution in [-0.4, -0.2) is 30.8 Å². The fourth-order valence-electron chi connectivity index (χ4n) is 1.63. The highest BCUT2D eigenvalue weighted by molar-refractivity contribution is 5.83. The molecule has 0 spiro atoms. The van der Waals surface area contributed by atoms with Crippen molar-refractivity contribution in [1.82, 2.24) is 10.8 Å². The average molecular weight is 336 g/mol. The second kappa shape index (κ2) is 9.57. The fraction of sp³-hybridized carbons (Fsp3) is 0.412. The summed E-state index contributed by atoms with van der Waals surface area (Å²) in [5.41, 5.74) is 2.92. The molecule has 7 heteroatoms. The van der Waals surface area contributed by atoms with Gasteiger partial charge in [0.25, 0.3) is 0 Å². The van der Waals surface area contributed by atoms with Crippen LogP contribution in [0.25, 0.3) is 0 Å². The summed E-state index contributed by atoms with van der Waals surface area (Å²) in [6, 6.07) is 8.59. The Morgan fingerprint density at radius 3 is 2.46 bits per heavy atom. The van der Waals surface area contributed by atoms with E-state index in [-0.39, 0.29) is 0 Å². The van der Waals surface area contributed by atoms with E-state index < -0.39 is 23.7 Å². The van der Waals surface area contributed by atoms with Crippen LogP contribution >= 0.6 is 0 Å². The van der Waals surface area contributed by atoms with Gasteiger partial charge in [-0.15, -0.1) is 0 Å². The highest BCUT2D eigenvalue weighted by Crippen LogP contribution is 2.07. The molecule has 1 aromatic carbocycles. The third-order valence-electron chi connectivity index (χ3n) is 2.65. The number of esters is 1. The molecule has 24 heavy (non-hydrogen) atoms. The second-order valence-corrected chi connectivity index (χ2v) is 5.90. The topological polar surface area (TPSA) is 85.9 Å². The first-order chi connectivity index (χ1) is 11.3. The molecule has 7 nitrogen and oxygen atoms in total. The van der Waals surface area contributed by atoms with Crippen molar-refractivity contribution in [3.63, 3.8) is 0 Å². The van der Waals surface area contributed by atoms with Crippen molar-refractivity contribution in [2.45, 2.75) is 39.0 Å². The molecule has 1 atom stereocenters. The van der Waals surface area contributed by atoms with Crippen LogP contribution in [0.15, 0.2) is 42.6 Å². The highest BCUT2D eigenvalue weighted by Gasteiger charge is 2.22. The number of hydrogen-bond acceptors (Lipinski definition) is 6. The van der Waals surface area contributed by atoms with Gasteiger partial charge in [0.05, 0.1) is 13.7 Å². The van der Waals surface area contributed by atoms with Gasteiger partial charge in [-0.1, -0.05) is 30.3 Å². The predicted octanol–water partition coefficient (Wildman–Crippen LogP) is 2.29. The van der Waals surface area contributed by atoms with E-state index in [1.54, 1.807) is 20.8 Å². The van der Waals surface area contributed by atoms with E-state index in [2.05, 4.69) is 15.5 Å². The number of amides is 1. The molecule has 0 heterocycles. The summed E-state index contributed by atoms with van der Waals surface area (Å²) in [4.78, 5) is 28.7. The molecule has 0 aliphatic carbocycles. The van der Waals surface area contributed by atoms with Crippen LogP contribution in [0, 0.1) is 0 Å². The summed E-state index contributed by atoms with van der Waals surface area (Å²) in [5.74, 6) is -0.623. The van der Waals surface area contributed by atoms with Gasteiger partial charge in [0.2, 0.25) is 0 Å². The van der Waals surface area contributed by atoms with Gasteiger partial charge >= 0.3 is 12.1 Å². The van der Waals surface area contributed by atoms with Crippen molar-refractivity contribution in [3.05, 3.63) is 48.2 Å². The number of hydrogen-bond donors (Lipinski definition) is 2. The van der Waals surface area contributed by atoms with E-state index in [0.29, 0.717) is 6.61 Å². The van der Waals surface area contributed by atoms with Crippen molar-refractivity contribution in [2.24, 2.45) is 0 Å². The Balaban J connectivity index is 2.47. The Bertz CT molecular complexity index is 552. The van der Waals surface area contributed by atoms with Crippen LogP contribution < -0.4 is 10.8 Å². The van der Waals surface area contributed by atoms with Crippen LogP contribution in [0.4, 0.5) is 4.79 Å². The second-order valence-electron chi connectivity index (χ2n) is 5.90. The zero-order chi connectivity index (χ0) is 18.0. The zero-order valence-electron chi connectivity index (χ0n) is 14.4. The standard InChI is InChI=1S/C17H24N2O5/c1-17(2,3)24-16(21)19-14(15(20)22-4)10-11-18-23-12-13-8-6-5-7-9-13/h5-11,14,18H,12H2,1-4H3,(H,19,21)/t14-/m1/s1. The minimum absolute atomic E-state index is 0.355. The van der Waals surface area contributed by atoms with E-state index in [0.717, 1.165) is 5.56 Å². The maximum Gasteiger partial charge on any atom is 0.408 e. The van der Waals surface area contributed by atoms with Crippen LogP contribution in [0.1, 0.15) is 26.3 Å². The molecule has 1 amide bonds. The van der Waals surface area contributed by atoms with E-state index in [1.807, 2.05) is 30.3 Å². The van der Waals surface area contributed by atoms with Crippen molar-refractivity contribution in [1.29, 1.82) is 0 Å². The molecular formula is C17H24N2O5. The van der Waals surface area contributed by atoms with Crippen molar-refractivity contribution in [2.75, 3.05) is 7.11 Å². The van der Waals surface area contributed by atoms with Crippen molar-refractivity contribution < 1.29 is 23.9 Å². The number of ether oxygens (including phenoxy) is 2. The Kier molecular flexibility index (Phi) is 7.77. The summed E-state index contributed by atoms with van der Waals surface area (Å²) in [6.45, 7) is 5.55. The number of benzene rings is 1. The normalized spacial score (nSPS) is 12.5. The van der Waals surface area contributed by atoms with Crippen LogP contribution in [0.2, 0.25) is 0 Å². The average Bonchev–Trinajstić information content (AvgIpc) is 2.52. The van der Waals surface area contributed by atoms with Gasteiger partial charge in [-0.25, -0.2) is 9.59 Å². The largest absolute Gasteiger partial charge is 0.467 e. The fourth-order valence-corrected chi connectivity index (χ4v) is 1.63. The first-order valence-electron chi connectivity index (χ1n) is 7.47. The Labute approximate surface area is 141 Å². The van der Waals surface area contributed by atoms with Crippen LogP contribution in [0.3, 0.4) is 0 Å². The Morgan fingerprint density at radius 2 is 1.88 bits per heavy atom. The first-order valence-corrected chi connectivity index (χ1v) is 7.47. The lowest BCUT2D eigenvalue weighted by molar-refractivity contribution is -0.141. The predicted molar refractivity (Wildman–Crippen MR) is 88.7 cm³/mol. The zero-order valence-corrected chi connectivity index (χ0v) is 14.4. The lowest BCUT2D eigenvalue weighted by Crippen LogP contribution is -2.43. The molecule has 0 saturated heterocycles. The molecule has 0 bridgehead atoms. The highest BCUT2D eigenvalue weighted by atomic mass is 16.6. The van der Waals surface area contributed by atoms with Gasteiger partial charge in [0.1, 0.15) is 11.6 Å². The van der Waals surface area contributed by atoms with Crippen molar-refractivity contribution in [3.8, 4) is 0 Å². The summed E-state index contributed by atoms with van der Waals surface area (Å²) in [7, 11) is 1.24. The third-order valence-corrected chi connectivity index (χ3v) is 2.65. The van der Waals surface area contributed by atoms with Gasteiger partial charge < -0.3 is 14.8 Å². The SMILES string of the molecule is COC(=O)[C@@H](C=CNOCc1ccccc1)NC(=O)OC(C)(C)C. The van der Waals surface area contributed by atoms with Gasteiger partial charge in [-0.2, -0.15) is 0 Å². The van der Waals surface area contributed by atoms with Crippen molar-refractivity contribution >= 4 is 12.1 Å². The summed E-state index contributed by atoms with van der Waals surface area (Å²) in [5, 5.41) is 2.41. The minimum Gasteiger partial charge on any atom is -0.467 e. The molecule has 0 radical (unpaired) electrons. The molecule has 132 valence electrons. The van der Waals surface area contributed by atoms with Crippen LogP contribution in [-0.2, 0) is 25.7 Å². The number of rotatable bonds is 7. The Morgan fingerprint density at radius 1 is 1.21 bits per heavy atom. The first kappa shape index (κ1) is 19.5. The van der Waals surface area contributed by atoms with Gasteiger partial charge in [-0.05, 0) is 32.4 Å². The number of nitrogens with one attached hydrogen (secondary N) is 2. The number of carbonyl (C=O) groups excluding carboxylic acids is 2.